The van der Waals surface area contributed by atoms with Gasteiger partial charge in [0.15, 0.2) is 0 Å². The van der Waals surface area contributed by atoms with E-state index in [1.54, 1.807) is 30.3 Å². The summed E-state index contributed by atoms with van der Waals surface area (Å²) < 4.78 is 34.2. The number of benzene rings is 4. The summed E-state index contributed by atoms with van der Waals surface area (Å²) in [5.41, 5.74) is 4.04. The summed E-state index contributed by atoms with van der Waals surface area (Å²) in [7, 11) is -2.60. The number of hydrogen-bond donors (Lipinski definition) is 1. The molecule has 0 radical (unpaired) electrons. The average molecular weight is 515 g/mol. The highest BCUT2D eigenvalue weighted by atomic mass is 32.2. The molecule has 1 N–H and O–H groups in total. The number of rotatable bonds is 9. The number of carbonyl (C=O) groups is 1. The standard InChI is InChI=1S/C30H30N2O4S/c1-22-14-17-25(18-15-22)30(24-10-6-4-7-11-24)31-29(33)21-32(27-20-23(2)16-19-28(27)36-3)37(34,35)26-12-8-5-9-13-26/h4-20,30H,21H2,1-3H3,(H,31,33)/t30-/m0/s1. The number of nitrogens with one attached hydrogen (secondary N) is 1. The van der Waals surface area contributed by atoms with Crippen molar-refractivity contribution in [2.24, 2.45) is 0 Å². The maximum atomic E-state index is 13.8. The van der Waals surface area contributed by atoms with Crippen molar-refractivity contribution in [3.63, 3.8) is 0 Å². The van der Waals surface area contributed by atoms with Gasteiger partial charge in [0.05, 0.1) is 23.7 Å². The molecule has 0 aliphatic carbocycles. The Morgan fingerprint density at radius 3 is 2.00 bits per heavy atom. The van der Waals surface area contributed by atoms with Crippen LogP contribution in [0.15, 0.2) is 108 Å². The second-order valence-corrected chi connectivity index (χ2v) is 10.7. The van der Waals surface area contributed by atoms with Crippen LogP contribution in [0, 0.1) is 13.8 Å². The normalized spacial score (nSPS) is 12.0. The van der Waals surface area contributed by atoms with Gasteiger partial charge in [0.25, 0.3) is 10.0 Å². The highest BCUT2D eigenvalue weighted by Gasteiger charge is 2.30. The van der Waals surface area contributed by atoms with Gasteiger partial charge in [0.1, 0.15) is 12.3 Å². The third kappa shape index (κ3) is 6.01. The number of aryl methyl sites for hydroxylation is 2. The summed E-state index contributed by atoms with van der Waals surface area (Å²) in [5.74, 6) is -0.0893. The zero-order valence-corrected chi connectivity index (χ0v) is 21.9. The largest absolute Gasteiger partial charge is 0.495 e. The number of sulfonamides is 1. The Hall–Kier alpha value is -4.10. The smallest absolute Gasteiger partial charge is 0.264 e. The van der Waals surface area contributed by atoms with E-state index in [1.807, 2.05) is 74.5 Å². The third-order valence-corrected chi connectivity index (χ3v) is 7.84. The number of amides is 1. The lowest BCUT2D eigenvalue weighted by atomic mass is 9.98. The first-order valence-corrected chi connectivity index (χ1v) is 13.4. The first-order valence-electron chi connectivity index (χ1n) is 11.9. The molecule has 0 saturated heterocycles. The van der Waals surface area contributed by atoms with Crippen molar-refractivity contribution in [2.75, 3.05) is 18.0 Å². The van der Waals surface area contributed by atoms with E-state index < -0.39 is 28.5 Å². The quantitative estimate of drug-likeness (QED) is 0.324. The monoisotopic (exact) mass is 514 g/mol. The van der Waals surface area contributed by atoms with Crippen LogP contribution in [0.5, 0.6) is 5.75 Å². The maximum absolute atomic E-state index is 13.8. The summed E-state index contributed by atoms with van der Waals surface area (Å²) in [6.07, 6.45) is 0. The average Bonchev–Trinajstić information content (AvgIpc) is 2.92. The van der Waals surface area contributed by atoms with Crippen molar-refractivity contribution in [3.05, 3.63) is 125 Å². The molecule has 4 aromatic rings. The van der Waals surface area contributed by atoms with Crippen molar-refractivity contribution >= 4 is 21.6 Å². The molecule has 0 aliphatic heterocycles. The minimum absolute atomic E-state index is 0.0875. The van der Waals surface area contributed by atoms with E-state index in [-0.39, 0.29) is 4.90 Å². The first-order chi connectivity index (χ1) is 17.8. The molecule has 0 aliphatic rings. The molecular formula is C30H30N2O4S. The summed E-state index contributed by atoms with van der Waals surface area (Å²) in [4.78, 5) is 13.6. The van der Waals surface area contributed by atoms with Gasteiger partial charge in [0.2, 0.25) is 5.91 Å². The van der Waals surface area contributed by atoms with Gasteiger partial charge in [-0.05, 0) is 54.8 Å². The van der Waals surface area contributed by atoms with Gasteiger partial charge in [0, 0.05) is 0 Å². The van der Waals surface area contributed by atoms with E-state index in [9.17, 15) is 13.2 Å². The van der Waals surface area contributed by atoms with E-state index in [0.29, 0.717) is 11.4 Å². The molecular weight excluding hydrogens is 484 g/mol. The molecule has 37 heavy (non-hydrogen) atoms. The summed E-state index contributed by atoms with van der Waals surface area (Å²) in [6, 6.07) is 30.4. The Morgan fingerprint density at radius 1 is 0.811 bits per heavy atom. The van der Waals surface area contributed by atoms with Crippen LogP contribution in [0.3, 0.4) is 0 Å². The molecule has 0 aromatic heterocycles. The van der Waals surface area contributed by atoms with Crippen molar-refractivity contribution in [3.8, 4) is 5.75 Å². The lowest BCUT2D eigenvalue weighted by molar-refractivity contribution is -0.120. The Morgan fingerprint density at radius 2 is 1.38 bits per heavy atom. The zero-order valence-electron chi connectivity index (χ0n) is 21.1. The van der Waals surface area contributed by atoms with Crippen LogP contribution in [0.1, 0.15) is 28.3 Å². The number of methoxy groups -OCH3 is 1. The fourth-order valence-electron chi connectivity index (χ4n) is 4.11. The second kappa shape index (κ2) is 11.3. The van der Waals surface area contributed by atoms with Gasteiger partial charge in [-0.2, -0.15) is 0 Å². The van der Waals surface area contributed by atoms with Crippen molar-refractivity contribution in [1.82, 2.24) is 5.32 Å². The van der Waals surface area contributed by atoms with Gasteiger partial charge in [-0.15, -0.1) is 0 Å². The molecule has 0 heterocycles. The van der Waals surface area contributed by atoms with Gasteiger partial charge in [-0.3, -0.25) is 9.10 Å². The molecule has 190 valence electrons. The van der Waals surface area contributed by atoms with Crippen LogP contribution in [-0.2, 0) is 14.8 Å². The topological polar surface area (TPSA) is 75.7 Å². The molecule has 0 fully saturated rings. The van der Waals surface area contributed by atoms with Gasteiger partial charge in [-0.1, -0.05) is 84.4 Å². The number of ether oxygens (including phenoxy) is 1. The lowest BCUT2D eigenvalue weighted by Gasteiger charge is -2.27. The number of carbonyl (C=O) groups excluding carboxylic acids is 1. The molecule has 4 rings (SSSR count). The Bertz CT molecular complexity index is 1450. The number of nitrogens with zero attached hydrogens (tertiary/aromatic N) is 1. The molecule has 7 heteroatoms. The van der Waals surface area contributed by atoms with Crippen molar-refractivity contribution in [2.45, 2.75) is 24.8 Å². The van der Waals surface area contributed by atoms with Crippen LogP contribution < -0.4 is 14.4 Å². The van der Waals surface area contributed by atoms with Crippen LogP contribution in [0.25, 0.3) is 0 Å². The molecule has 4 aromatic carbocycles. The summed E-state index contributed by atoms with van der Waals surface area (Å²) in [6.45, 7) is 3.44. The van der Waals surface area contributed by atoms with E-state index in [1.165, 1.54) is 19.2 Å². The van der Waals surface area contributed by atoms with Crippen molar-refractivity contribution in [1.29, 1.82) is 0 Å². The first kappa shape index (κ1) is 26.0. The summed E-state index contributed by atoms with van der Waals surface area (Å²) in [5, 5.41) is 3.06. The molecule has 0 bridgehead atoms. The molecule has 0 unspecified atom stereocenters. The molecule has 1 amide bonds. The predicted molar refractivity (Wildman–Crippen MR) is 146 cm³/mol. The van der Waals surface area contributed by atoms with Crippen LogP contribution in [-0.4, -0.2) is 28.0 Å². The van der Waals surface area contributed by atoms with E-state index in [2.05, 4.69) is 5.32 Å². The molecule has 1 atom stereocenters. The van der Waals surface area contributed by atoms with Gasteiger partial charge in [-0.25, -0.2) is 8.42 Å². The summed E-state index contributed by atoms with van der Waals surface area (Å²) >= 11 is 0. The fourth-order valence-corrected chi connectivity index (χ4v) is 5.56. The second-order valence-electron chi connectivity index (χ2n) is 8.82. The third-order valence-electron chi connectivity index (χ3n) is 6.07. The highest BCUT2D eigenvalue weighted by Crippen LogP contribution is 2.33. The Kier molecular flexibility index (Phi) is 7.94. The maximum Gasteiger partial charge on any atom is 0.264 e. The van der Waals surface area contributed by atoms with E-state index in [0.717, 1.165) is 26.6 Å². The predicted octanol–water partition coefficient (Wildman–Crippen LogP) is 5.41. The van der Waals surface area contributed by atoms with Crippen LogP contribution in [0.2, 0.25) is 0 Å². The van der Waals surface area contributed by atoms with Crippen LogP contribution >= 0.6 is 0 Å². The molecule has 0 saturated carbocycles. The Labute approximate surface area is 218 Å². The lowest BCUT2D eigenvalue weighted by Crippen LogP contribution is -2.42. The fraction of sp³-hybridized carbons (Fsp3) is 0.167. The molecule has 6 nitrogen and oxygen atoms in total. The van der Waals surface area contributed by atoms with E-state index in [4.69, 9.17) is 4.74 Å². The molecule has 0 spiro atoms. The van der Waals surface area contributed by atoms with Gasteiger partial charge >= 0.3 is 0 Å². The Balaban J connectivity index is 1.73. The minimum Gasteiger partial charge on any atom is -0.495 e. The van der Waals surface area contributed by atoms with Crippen LogP contribution in [0.4, 0.5) is 5.69 Å². The highest BCUT2D eigenvalue weighted by molar-refractivity contribution is 7.92. The SMILES string of the molecule is COc1ccc(C)cc1N(CC(=O)N[C@@H](c1ccccc1)c1ccc(C)cc1)S(=O)(=O)c1ccccc1. The van der Waals surface area contributed by atoms with Gasteiger partial charge < -0.3 is 10.1 Å². The van der Waals surface area contributed by atoms with E-state index >= 15 is 0 Å². The van der Waals surface area contributed by atoms with Crippen molar-refractivity contribution < 1.29 is 17.9 Å². The minimum atomic E-state index is -4.08. The number of hydrogen-bond acceptors (Lipinski definition) is 4. The zero-order chi connectivity index (χ0) is 26.4. The number of anilines is 1.